The van der Waals surface area contributed by atoms with Gasteiger partial charge in [-0.25, -0.2) is 0 Å². The van der Waals surface area contributed by atoms with Gasteiger partial charge in [-0.15, -0.1) is 0 Å². The third-order valence-corrected chi connectivity index (χ3v) is 7.16. The fraction of sp³-hybridized carbons (Fsp3) is 0.593. The molecule has 2 aromatic rings. The summed E-state index contributed by atoms with van der Waals surface area (Å²) in [7, 11) is 1.60. The Morgan fingerprint density at radius 2 is 1.97 bits per heavy atom. The Bertz CT molecular complexity index is 1030. The van der Waals surface area contributed by atoms with E-state index in [4.69, 9.17) is 14.6 Å². The molecule has 190 valence electrons. The second kappa shape index (κ2) is 11.2. The number of aromatic nitrogens is 2. The van der Waals surface area contributed by atoms with Crippen molar-refractivity contribution in [3.63, 3.8) is 0 Å². The van der Waals surface area contributed by atoms with Gasteiger partial charge >= 0.3 is 0 Å². The van der Waals surface area contributed by atoms with E-state index < -0.39 is 5.54 Å². The zero-order valence-corrected chi connectivity index (χ0v) is 21.2. The summed E-state index contributed by atoms with van der Waals surface area (Å²) in [6.07, 6.45) is 7.45. The lowest BCUT2D eigenvalue weighted by molar-refractivity contribution is -0.134. The van der Waals surface area contributed by atoms with E-state index in [0.29, 0.717) is 31.1 Å². The van der Waals surface area contributed by atoms with Crippen molar-refractivity contribution >= 4 is 11.8 Å². The number of ether oxygens (including phenoxy) is 2. The Hall–Kier alpha value is -2.87. The van der Waals surface area contributed by atoms with Crippen molar-refractivity contribution in [2.24, 2.45) is 0 Å². The fourth-order valence-electron chi connectivity index (χ4n) is 5.02. The van der Waals surface area contributed by atoms with Gasteiger partial charge in [0.15, 0.2) is 0 Å². The number of fused-ring (bicyclic) bond motifs is 1. The first-order valence-corrected chi connectivity index (χ1v) is 12.9. The number of methoxy groups -OCH3 is 1. The highest BCUT2D eigenvalue weighted by atomic mass is 16.5. The first-order valence-electron chi connectivity index (χ1n) is 12.9. The van der Waals surface area contributed by atoms with E-state index in [0.717, 1.165) is 49.8 Å². The second-order valence-corrected chi connectivity index (χ2v) is 9.80. The molecule has 1 aromatic heterocycles. The molecule has 4 rings (SSSR count). The Balaban J connectivity index is 1.64. The van der Waals surface area contributed by atoms with Gasteiger partial charge in [-0.2, -0.15) is 5.10 Å². The number of unbranched alkanes of at least 4 members (excludes halogenated alkanes) is 1. The highest BCUT2D eigenvalue weighted by Gasteiger charge is 2.48. The SMILES string of the molecule is CCCCOc1ccccc1-c1cc2n(n1)C[C@@](C)(C(=O)NC1CCCCC1)N(CCOC)C2=O. The lowest BCUT2D eigenvalue weighted by atomic mass is 9.91. The topological polar surface area (TPSA) is 85.7 Å². The third-order valence-electron chi connectivity index (χ3n) is 7.16. The van der Waals surface area contributed by atoms with Crippen molar-refractivity contribution in [1.29, 1.82) is 0 Å². The molecule has 2 amide bonds. The van der Waals surface area contributed by atoms with Crippen LogP contribution in [0.25, 0.3) is 11.3 Å². The quantitative estimate of drug-likeness (QED) is 0.517. The van der Waals surface area contributed by atoms with Crippen LogP contribution >= 0.6 is 0 Å². The summed E-state index contributed by atoms with van der Waals surface area (Å²) in [4.78, 5) is 28.9. The fourth-order valence-corrected chi connectivity index (χ4v) is 5.02. The number of benzene rings is 1. The molecule has 0 bridgehead atoms. The largest absolute Gasteiger partial charge is 0.493 e. The van der Waals surface area contributed by atoms with E-state index in [9.17, 15) is 9.59 Å². The normalized spacial score (nSPS) is 20.5. The van der Waals surface area contributed by atoms with Crippen molar-refractivity contribution in [3.8, 4) is 17.0 Å². The molecule has 1 saturated carbocycles. The van der Waals surface area contributed by atoms with Gasteiger partial charge in [0.1, 0.15) is 17.0 Å². The number of para-hydroxylation sites is 1. The number of hydrogen-bond donors (Lipinski definition) is 1. The second-order valence-electron chi connectivity index (χ2n) is 9.80. The van der Waals surface area contributed by atoms with E-state index in [2.05, 4.69) is 12.2 Å². The summed E-state index contributed by atoms with van der Waals surface area (Å²) in [5.41, 5.74) is 0.933. The van der Waals surface area contributed by atoms with Gasteiger partial charge in [-0.3, -0.25) is 14.3 Å². The van der Waals surface area contributed by atoms with Crippen LogP contribution in [0.2, 0.25) is 0 Å². The zero-order chi connectivity index (χ0) is 24.8. The first kappa shape index (κ1) is 25.2. The lowest BCUT2D eigenvalue weighted by Crippen LogP contribution is -2.65. The van der Waals surface area contributed by atoms with E-state index in [1.807, 2.05) is 37.3 Å². The maximum absolute atomic E-state index is 13.7. The van der Waals surface area contributed by atoms with E-state index in [1.165, 1.54) is 6.42 Å². The minimum atomic E-state index is -1.06. The number of amides is 2. The Labute approximate surface area is 208 Å². The van der Waals surface area contributed by atoms with Crippen LogP contribution in [0.4, 0.5) is 0 Å². The number of carbonyl (C=O) groups excluding carboxylic acids is 2. The molecular formula is C27H38N4O4. The predicted octanol–water partition coefficient (Wildman–Crippen LogP) is 4.04. The molecule has 1 atom stereocenters. The highest BCUT2D eigenvalue weighted by Crippen LogP contribution is 2.34. The minimum Gasteiger partial charge on any atom is -0.493 e. The smallest absolute Gasteiger partial charge is 0.273 e. The first-order chi connectivity index (χ1) is 17.0. The zero-order valence-electron chi connectivity index (χ0n) is 21.2. The summed E-state index contributed by atoms with van der Waals surface area (Å²) >= 11 is 0. The van der Waals surface area contributed by atoms with Crippen LogP contribution in [0.15, 0.2) is 30.3 Å². The molecule has 2 aliphatic rings. The third kappa shape index (κ3) is 5.37. The molecule has 0 unspecified atom stereocenters. The van der Waals surface area contributed by atoms with E-state index >= 15 is 0 Å². The van der Waals surface area contributed by atoms with Crippen molar-refractivity contribution < 1.29 is 19.1 Å². The molecule has 0 radical (unpaired) electrons. The Morgan fingerprint density at radius 3 is 2.71 bits per heavy atom. The molecule has 1 N–H and O–H groups in total. The average molecular weight is 483 g/mol. The number of rotatable bonds is 10. The van der Waals surface area contributed by atoms with Gasteiger partial charge in [-0.05, 0) is 44.4 Å². The van der Waals surface area contributed by atoms with Crippen molar-refractivity contribution in [1.82, 2.24) is 20.0 Å². The minimum absolute atomic E-state index is 0.125. The van der Waals surface area contributed by atoms with Gasteiger partial charge < -0.3 is 19.7 Å². The molecule has 1 fully saturated rings. The van der Waals surface area contributed by atoms with Gasteiger partial charge in [0.25, 0.3) is 5.91 Å². The summed E-state index contributed by atoms with van der Waals surface area (Å²) in [5.74, 6) is 0.412. The summed E-state index contributed by atoms with van der Waals surface area (Å²) in [6, 6.07) is 9.73. The molecule has 35 heavy (non-hydrogen) atoms. The molecule has 0 spiro atoms. The molecule has 0 saturated heterocycles. The monoisotopic (exact) mass is 482 g/mol. The van der Waals surface area contributed by atoms with Crippen LogP contribution in [0.1, 0.15) is 69.3 Å². The Morgan fingerprint density at radius 1 is 1.20 bits per heavy atom. The van der Waals surface area contributed by atoms with E-state index in [-0.39, 0.29) is 24.4 Å². The molecule has 2 heterocycles. The standard InChI is InChI=1S/C27H38N4O4/c1-4-5-16-35-24-14-10-9-13-21(24)22-18-23-25(32)30(15-17-34-3)27(2,19-31(23)29-22)26(33)28-20-11-7-6-8-12-20/h9-10,13-14,18,20H,4-8,11-12,15-17,19H2,1-3H3,(H,28,33)/t27-/m0/s1. The number of nitrogens with zero attached hydrogens (tertiary/aromatic N) is 3. The van der Waals surface area contributed by atoms with Gasteiger partial charge in [-0.1, -0.05) is 44.7 Å². The lowest BCUT2D eigenvalue weighted by Gasteiger charge is -2.44. The van der Waals surface area contributed by atoms with Gasteiger partial charge in [0.2, 0.25) is 5.91 Å². The van der Waals surface area contributed by atoms with Crippen LogP contribution < -0.4 is 10.1 Å². The molecule has 1 aliphatic heterocycles. The summed E-state index contributed by atoms with van der Waals surface area (Å²) in [6.45, 7) is 5.57. The molecule has 8 nitrogen and oxygen atoms in total. The van der Waals surface area contributed by atoms with Crippen LogP contribution in [-0.4, -0.2) is 64.9 Å². The van der Waals surface area contributed by atoms with Crippen molar-refractivity contribution in [2.45, 2.75) is 76.9 Å². The Kier molecular flexibility index (Phi) is 8.11. The molecule has 8 heteroatoms. The summed E-state index contributed by atoms with van der Waals surface area (Å²) in [5, 5.41) is 8.01. The highest BCUT2D eigenvalue weighted by molar-refractivity contribution is 6.00. The molecular weight excluding hydrogens is 444 g/mol. The summed E-state index contributed by atoms with van der Waals surface area (Å²) < 4.78 is 13.0. The number of carbonyl (C=O) groups is 2. The molecule has 1 aromatic carbocycles. The van der Waals surface area contributed by atoms with E-state index in [1.54, 1.807) is 16.7 Å². The van der Waals surface area contributed by atoms with Crippen molar-refractivity contribution in [2.75, 3.05) is 26.9 Å². The maximum Gasteiger partial charge on any atom is 0.273 e. The van der Waals surface area contributed by atoms with Crippen LogP contribution in [0, 0.1) is 0 Å². The molecule has 1 aliphatic carbocycles. The average Bonchev–Trinajstić information content (AvgIpc) is 3.29. The van der Waals surface area contributed by atoms with Crippen LogP contribution in [-0.2, 0) is 16.1 Å². The van der Waals surface area contributed by atoms with Crippen LogP contribution in [0.3, 0.4) is 0 Å². The van der Waals surface area contributed by atoms with Gasteiger partial charge in [0.05, 0.1) is 25.5 Å². The van der Waals surface area contributed by atoms with Crippen molar-refractivity contribution in [3.05, 3.63) is 36.0 Å². The number of nitrogens with one attached hydrogen (secondary N) is 1. The van der Waals surface area contributed by atoms with Gasteiger partial charge in [0, 0.05) is 25.3 Å². The predicted molar refractivity (Wildman–Crippen MR) is 134 cm³/mol. The van der Waals surface area contributed by atoms with Crippen LogP contribution in [0.5, 0.6) is 5.75 Å². The maximum atomic E-state index is 13.7. The number of hydrogen-bond acceptors (Lipinski definition) is 5.